The molecule has 2 rings (SSSR count). The lowest BCUT2D eigenvalue weighted by Gasteiger charge is -2.04. The van der Waals surface area contributed by atoms with Crippen molar-refractivity contribution in [2.75, 3.05) is 6.26 Å². The van der Waals surface area contributed by atoms with Crippen molar-refractivity contribution in [3.8, 4) is 0 Å². The van der Waals surface area contributed by atoms with Crippen molar-refractivity contribution in [2.45, 2.75) is 11.7 Å². The molecule has 2 aromatic rings. The highest BCUT2D eigenvalue weighted by Gasteiger charge is 2.12. The number of hydrogen-bond donors (Lipinski definition) is 0. The van der Waals surface area contributed by atoms with Crippen LogP contribution >= 0.6 is 15.9 Å². The Bertz CT molecular complexity index is 595. The maximum atomic E-state index is 12.0. The van der Waals surface area contributed by atoms with Crippen LogP contribution in [-0.4, -0.2) is 31.0 Å². The molecule has 0 fully saturated rings. The zero-order valence-electron chi connectivity index (χ0n) is 9.54. The molecule has 0 spiro atoms. The summed E-state index contributed by atoms with van der Waals surface area (Å²) >= 11 is 3.31. The molecule has 7 heteroatoms. The predicted molar refractivity (Wildman–Crippen MR) is 70.8 cm³/mol. The Balaban J connectivity index is 2.19. The third-order valence-electron chi connectivity index (χ3n) is 2.32. The highest BCUT2D eigenvalue weighted by atomic mass is 79.9. The number of carbonyl (C=O) groups excluding carboxylic acids is 1. The van der Waals surface area contributed by atoms with Crippen LogP contribution in [0.4, 0.5) is 0 Å². The van der Waals surface area contributed by atoms with Gasteiger partial charge in [0.1, 0.15) is 6.33 Å². The third-order valence-corrected chi connectivity index (χ3v) is 3.68. The maximum absolute atomic E-state index is 12.0. The van der Waals surface area contributed by atoms with E-state index in [0.717, 1.165) is 4.47 Å². The molecule has 0 aliphatic heterocycles. The molecule has 0 aliphatic carbocycles. The van der Waals surface area contributed by atoms with Crippen LogP contribution in [0, 0.1) is 0 Å². The fourth-order valence-corrected chi connectivity index (χ4v) is 2.33. The Morgan fingerprint density at radius 2 is 2.06 bits per heavy atom. The number of benzene rings is 1. The summed E-state index contributed by atoms with van der Waals surface area (Å²) in [6, 6.07) is 7.08. The average molecular weight is 328 g/mol. The second-order valence-electron chi connectivity index (χ2n) is 3.63. The zero-order valence-corrected chi connectivity index (χ0v) is 11.9. The van der Waals surface area contributed by atoms with Gasteiger partial charge in [-0.3, -0.25) is 13.6 Å². The highest BCUT2D eigenvalue weighted by Crippen LogP contribution is 2.12. The van der Waals surface area contributed by atoms with Gasteiger partial charge in [-0.2, -0.15) is 0 Å². The van der Waals surface area contributed by atoms with Crippen LogP contribution in [0.5, 0.6) is 0 Å². The number of Topliss-reactive ketones (excluding diaryl/α,β-unsaturated/α-hetero) is 1. The van der Waals surface area contributed by atoms with Crippen LogP contribution in [0.15, 0.2) is 40.2 Å². The molecule has 1 atom stereocenters. The van der Waals surface area contributed by atoms with E-state index in [4.69, 9.17) is 0 Å². The van der Waals surface area contributed by atoms with E-state index in [1.807, 2.05) is 0 Å². The summed E-state index contributed by atoms with van der Waals surface area (Å²) in [7, 11) is -1.26. The standard InChI is InChI=1S/C11H10BrN3O2S/c1-18(17)11-14-13-7-15(11)6-10(16)8-2-4-9(12)5-3-8/h2-5,7H,6H2,1H3/t18-/m0/s1. The molecule has 0 aliphatic rings. The van der Waals surface area contributed by atoms with Crippen molar-refractivity contribution in [1.29, 1.82) is 0 Å². The van der Waals surface area contributed by atoms with Crippen LogP contribution in [0.25, 0.3) is 0 Å². The number of ketones is 1. The van der Waals surface area contributed by atoms with Crippen molar-refractivity contribution in [2.24, 2.45) is 0 Å². The van der Waals surface area contributed by atoms with E-state index in [1.54, 1.807) is 24.3 Å². The minimum absolute atomic E-state index is 0.0750. The lowest BCUT2D eigenvalue weighted by atomic mass is 10.1. The molecule has 0 unspecified atom stereocenters. The lowest BCUT2D eigenvalue weighted by molar-refractivity contribution is 0.0969. The molecular formula is C11H10BrN3O2S. The van der Waals surface area contributed by atoms with Gasteiger partial charge in [-0.05, 0) is 12.1 Å². The fraction of sp³-hybridized carbons (Fsp3) is 0.182. The van der Waals surface area contributed by atoms with Gasteiger partial charge >= 0.3 is 0 Å². The Hall–Kier alpha value is -1.34. The molecule has 18 heavy (non-hydrogen) atoms. The smallest absolute Gasteiger partial charge is 0.221 e. The molecular weight excluding hydrogens is 318 g/mol. The minimum atomic E-state index is -1.26. The number of hydrogen-bond acceptors (Lipinski definition) is 4. The molecule has 1 aromatic carbocycles. The lowest BCUT2D eigenvalue weighted by Crippen LogP contribution is -2.13. The van der Waals surface area contributed by atoms with Crippen molar-refractivity contribution in [3.63, 3.8) is 0 Å². The van der Waals surface area contributed by atoms with Gasteiger partial charge in [0.05, 0.1) is 17.3 Å². The third kappa shape index (κ3) is 2.91. The van der Waals surface area contributed by atoms with Crippen molar-refractivity contribution in [3.05, 3.63) is 40.6 Å². The van der Waals surface area contributed by atoms with E-state index >= 15 is 0 Å². The summed E-state index contributed by atoms with van der Waals surface area (Å²) < 4.78 is 13.8. The second kappa shape index (κ2) is 5.53. The van der Waals surface area contributed by atoms with E-state index in [0.29, 0.717) is 10.7 Å². The Kier molecular flexibility index (Phi) is 4.03. The fourth-order valence-electron chi connectivity index (χ4n) is 1.46. The molecule has 0 radical (unpaired) electrons. The number of carbonyl (C=O) groups is 1. The first kappa shape index (κ1) is 13.1. The van der Waals surface area contributed by atoms with Crippen LogP contribution in [0.1, 0.15) is 10.4 Å². The van der Waals surface area contributed by atoms with Crippen LogP contribution in [-0.2, 0) is 17.3 Å². The molecule has 1 aromatic heterocycles. The van der Waals surface area contributed by atoms with Crippen LogP contribution < -0.4 is 0 Å². The SMILES string of the molecule is C[S@](=O)c1nncn1CC(=O)c1ccc(Br)cc1. The summed E-state index contributed by atoms with van der Waals surface area (Å²) in [6.07, 6.45) is 2.91. The summed E-state index contributed by atoms with van der Waals surface area (Å²) in [5, 5.41) is 7.70. The molecule has 5 nitrogen and oxygen atoms in total. The Labute approximate surface area is 115 Å². The molecule has 0 N–H and O–H groups in total. The van der Waals surface area contributed by atoms with E-state index in [9.17, 15) is 9.00 Å². The molecule has 0 amide bonds. The van der Waals surface area contributed by atoms with Gasteiger partial charge in [-0.15, -0.1) is 10.2 Å². The number of aromatic nitrogens is 3. The molecule has 0 bridgehead atoms. The van der Waals surface area contributed by atoms with Gasteiger partial charge in [0.25, 0.3) is 0 Å². The zero-order chi connectivity index (χ0) is 13.1. The number of rotatable bonds is 4. The van der Waals surface area contributed by atoms with Gasteiger partial charge in [0.15, 0.2) is 5.78 Å². The normalized spacial score (nSPS) is 12.3. The van der Waals surface area contributed by atoms with Gasteiger partial charge in [-0.1, -0.05) is 28.1 Å². The average Bonchev–Trinajstić information content (AvgIpc) is 2.78. The first-order chi connectivity index (χ1) is 8.58. The largest absolute Gasteiger partial charge is 0.299 e. The van der Waals surface area contributed by atoms with Gasteiger partial charge < -0.3 is 0 Å². The van der Waals surface area contributed by atoms with E-state index in [1.165, 1.54) is 17.2 Å². The second-order valence-corrected chi connectivity index (χ2v) is 5.81. The topological polar surface area (TPSA) is 64.8 Å². The summed E-state index contributed by atoms with van der Waals surface area (Å²) in [4.78, 5) is 12.0. The van der Waals surface area contributed by atoms with E-state index < -0.39 is 10.8 Å². The summed E-state index contributed by atoms with van der Waals surface area (Å²) in [5.41, 5.74) is 0.597. The monoisotopic (exact) mass is 327 g/mol. The number of nitrogens with zero attached hydrogens (tertiary/aromatic N) is 3. The summed E-state index contributed by atoms with van der Waals surface area (Å²) in [6.45, 7) is 0.0869. The summed E-state index contributed by atoms with van der Waals surface area (Å²) in [5.74, 6) is -0.0750. The van der Waals surface area contributed by atoms with Crippen LogP contribution in [0.3, 0.4) is 0 Å². The molecule has 0 saturated carbocycles. The first-order valence-corrected chi connectivity index (χ1v) is 7.43. The van der Waals surface area contributed by atoms with E-state index in [-0.39, 0.29) is 12.3 Å². The van der Waals surface area contributed by atoms with Crippen molar-refractivity contribution < 1.29 is 9.00 Å². The quantitative estimate of drug-likeness (QED) is 0.801. The molecule has 94 valence electrons. The van der Waals surface area contributed by atoms with Crippen molar-refractivity contribution >= 4 is 32.5 Å². The van der Waals surface area contributed by atoms with E-state index in [2.05, 4.69) is 26.1 Å². The Morgan fingerprint density at radius 1 is 1.39 bits per heavy atom. The number of halogens is 1. The van der Waals surface area contributed by atoms with Gasteiger partial charge in [0.2, 0.25) is 5.16 Å². The van der Waals surface area contributed by atoms with Crippen molar-refractivity contribution in [1.82, 2.24) is 14.8 Å². The van der Waals surface area contributed by atoms with Crippen LogP contribution in [0.2, 0.25) is 0 Å². The minimum Gasteiger partial charge on any atom is -0.299 e. The maximum Gasteiger partial charge on any atom is 0.221 e. The molecule has 0 saturated heterocycles. The highest BCUT2D eigenvalue weighted by molar-refractivity contribution is 9.10. The molecule has 1 heterocycles. The predicted octanol–water partition coefficient (Wildman–Crippen LogP) is 1.66. The van der Waals surface area contributed by atoms with Gasteiger partial charge in [-0.25, -0.2) is 0 Å². The first-order valence-electron chi connectivity index (χ1n) is 5.08. The van der Waals surface area contributed by atoms with Gasteiger partial charge in [0, 0.05) is 16.3 Å². The Morgan fingerprint density at radius 3 is 2.67 bits per heavy atom.